The molecular weight excluding hydrogens is 473 g/mol. The van der Waals surface area contributed by atoms with E-state index in [2.05, 4.69) is 0 Å². The summed E-state index contributed by atoms with van der Waals surface area (Å²) in [4.78, 5) is 0.853. The Morgan fingerprint density at radius 2 is 1.47 bits per heavy atom. The van der Waals surface area contributed by atoms with Crippen molar-refractivity contribution < 1.29 is 42.1 Å². The monoisotopic (exact) mass is 496 g/mol. The van der Waals surface area contributed by atoms with E-state index in [-0.39, 0.29) is 18.8 Å². The average Bonchev–Trinajstić information content (AvgIpc) is 2.78. The van der Waals surface area contributed by atoms with Crippen LogP contribution in [0.2, 0.25) is 0 Å². The molecule has 0 aliphatic rings. The summed E-state index contributed by atoms with van der Waals surface area (Å²) >= 11 is -1.61. The molecule has 2 N–H and O–H groups in total. The molecule has 3 aromatic rings. The fourth-order valence-corrected chi connectivity index (χ4v) is 4.15. The third-order valence-electron chi connectivity index (χ3n) is 4.58. The molecule has 1 unspecified atom stereocenters. The van der Waals surface area contributed by atoms with E-state index in [0.29, 0.717) is 33.5 Å². The largest absolute Gasteiger partial charge is 0.606 e. The second-order valence-electron chi connectivity index (χ2n) is 7.20. The highest BCUT2D eigenvalue weighted by Crippen LogP contribution is 2.32. The van der Waals surface area contributed by atoms with E-state index >= 15 is 0 Å². The summed E-state index contributed by atoms with van der Waals surface area (Å²) in [5.74, 6) is 1.01. The molecule has 0 saturated heterocycles. The molecule has 3 aromatic carbocycles. The molecule has 0 spiro atoms. The summed E-state index contributed by atoms with van der Waals surface area (Å²) in [5.41, 5.74) is -0.234. The fraction of sp³-hybridized carbons (Fsp3) is 0.250. The summed E-state index contributed by atoms with van der Waals surface area (Å²) in [6.45, 7) is 0.620. The molecule has 182 valence electrons. The van der Waals surface area contributed by atoms with Crippen LogP contribution in [-0.4, -0.2) is 41.4 Å². The van der Waals surface area contributed by atoms with Crippen LogP contribution in [0.4, 0.5) is 13.2 Å². The summed E-state index contributed by atoms with van der Waals surface area (Å²) in [6.07, 6.45) is -6.06. The lowest BCUT2D eigenvalue weighted by atomic mass is 10.1. The fourth-order valence-electron chi connectivity index (χ4n) is 3.01. The van der Waals surface area contributed by atoms with E-state index in [1.54, 1.807) is 42.5 Å². The van der Waals surface area contributed by atoms with E-state index in [9.17, 15) is 27.9 Å². The Labute approximate surface area is 197 Å². The SMILES string of the molecule is COCCOc1cc(CC(O)O)cc([S+]([O-])c2ccc(Oc3ccc(C(F)(F)F)cc3)cc2)c1. The molecule has 0 aromatic heterocycles. The number of halogens is 3. The van der Waals surface area contributed by atoms with Crippen molar-refractivity contribution in [3.8, 4) is 17.2 Å². The Morgan fingerprint density at radius 1 is 0.853 bits per heavy atom. The summed E-state index contributed by atoms with van der Waals surface area (Å²) in [6, 6.07) is 15.4. The van der Waals surface area contributed by atoms with Crippen molar-refractivity contribution in [3.05, 3.63) is 77.9 Å². The van der Waals surface area contributed by atoms with Gasteiger partial charge in [-0.15, -0.1) is 0 Å². The van der Waals surface area contributed by atoms with Crippen LogP contribution in [0.5, 0.6) is 17.2 Å². The van der Waals surface area contributed by atoms with Crippen molar-refractivity contribution in [2.45, 2.75) is 28.7 Å². The van der Waals surface area contributed by atoms with E-state index in [4.69, 9.17) is 14.2 Å². The second-order valence-corrected chi connectivity index (χ2v) is 8.68. The Morgan fingerprint density at radius 3 is 2.03 bits per heavy atom. The second kappa shape index (κ2) is 11.6. The Bertz CT molecular complexity index is 1060. The minimum Gasteiger partial charge on any atom is -0.606 e. The highest BCUT2D eigenvalue weighted by molar-refractivity contribution is 7.91. The van der Waals surface area contributed by atoms with E-state index < -0.39 is 29.2 Å². The number of ether oxygens (including phenoxy) is 3. The summed E-state index contributed by atoms with van der Waals surface area (Å²) < 4.78 is 67.3. The predicted molar refractivity (Wildman–Crippen MR) is 118 cm³/mol. The van der Waals surface area contributed by atoms with Crippen LogP contribution in [0.3, 0.4) is 0 Å². The van der Waals surface area contributed by atoms with Gasteiger partial charge in [0.25, 0.3) is 0 Å². The van der Waals surface area contributed by atoms with Gasteiger partial charge in [-0.2, -0.15) is 13.2 Å². The Kier molecular flexibility index (Phi) is 8.81. The number of rotatable bonds is 10. The zero-order valence-electron chi connectivity index (χ0n) is 18.1. The highest BCUT2D eigenvalue weighted by Gasteiger charge is 2.30. The minimum atomic E-state index is -4.43. The van der Waals surface area contributed by atoms with Crippen LogP contribution in [0.1, 0.15) is 11.1 Å². The third-order valence-corrected chi connectivity index (χ3v) is 5.95. The molecule has 0 fully saturated rings. The molecule has 3 rings (SSSR count). The molecule has 0 bridgehead atoms. The standard InChI is InChI=1S/C24H23F3O6S/c1-31-10-11-32-20-12-16(14-23(28)29)13-22(15-20)34(30)21-8-6-19(7-9-21)33-18-4-2-17(3-5-18)24(25,26)27/h2-9,12-13,15,23,28-29H,10-11,14H2,1H3. The number of alkyl halides is 3. The minimum absolute atomic E-state index is 0.0639. The van der Waals surface area contributed by atoms with Gasteiger partial charge in [-0.25, -0.2) is 0 Å². The number of hydrogen-bond donors (Lipinski definition) is 2. The number of methoxy groups -OCH3 is 1. The van der Waals surface area contributed by atoms with Crippen LogP contribution >= 0.6 is 0 Å². The average molecular weight is 497 g/mol. The summed E-state index contributed by atoms with van der Waals surface area (Å²) in [5, 5.41) is 18.6. The van der Waals surface area contributed by atoms with Crippen LogP contribution in [0.15, 0.2) is 76.5 Å². The van der Waals surface area contributed by atoms with Gasteiger partial charge in [0.15, 0.2) is 16.1 Å². The third kappa shape index (κ3) is 7.37. The molecule has 0 heterocycles. The van der Waals surface area contributed by atoms with Crippen molar-refractivity contribution in [1.29, 1.82) is 0 Å². The van der Waals surface area contributed by atoms with Gasteiger partial charge >= 0.3 is 6.18 Å². The molecule has 0 amide bonds. The zero-order chi connectivity index (χ0) is 24.7. The maximum absolute atomic E-state index is 13.1. The molecule has 0 aliphatic heterocycles. The first kappa shape index (κ1) is 25.9. The smallest absolute Gasteiger partial charge is 0.416 e. The number of benzene rings is 3. The van der Waals surface area contributed by atoms with Crippen molar-refractivity contribution in [3.63, 3.8) is 0 Å². The first-order valence-electron chi connectivity index (χ1n) is 10.1. The topological polar surface area (TPSA) is 91.2 Å². The van der Waals surface area contributed by atoms with Gasteiger partial charge in [-0.05, 0) is 66.2 Å². The molecule has 0 aliphatic carbocycles. The lowest BCUT2D eigenvalue weighted by molar-refractivity contribution is -0.137. The van der Waals surface area contributed by atoms with E-state index in [1.165, 1.54) is 19.2 Å². The molecule has 1 atom stereocenters. The number of aliphatic hydroxyl groups is 2. The Balaban J connectivity index is 1.75. The normalized spacial score (nSPS) is 12.6. The first-order valence-corrected chi connectivity index (χ1v) is 11.3. The van der Waals surface area contributed by atoms with Gasteiger partial charge in [0, 0.05) is 30.8 Å². The lowest BCUT2D eigenvalue weighted by Gasteiger charge is -2.15. The van der Waals surface area contributed by atoms with Crippen molar-refractivity contribution in [1.82, 2.24) is 0 Å². The van der Waals surface area contributed by atoms with Gasteiger partial charge < -0.3 is 29.0 Å². The van der Waals surface area contributed by atoms with Gasteiger partial charge in [0.05, 0.1) is 12.2 Å². The Hall–Kier alpha value is -2.76. The molecule has 0 saturated carbocycles. The lowest BCUT2D eigenvalue weighted by Crippen LogP contribution is -2.11. The molecule has 10 heteroatoms. The van der Waals surface area contributed by atoms with E-state index in [1.807, 2.05) is 0 Å². The summed E-state index contributed by atoms with van der Waals surface area (Å²) in [7, 11) is 1.54. The quantitative estimate of drug-likeness (QED) is 0.243. The van der Waals surface area contributed by atoms with Crippen molar-refractivity contribution in [2.24, 2.45) is 0 Å². The number of aliphatic hydroxyl groups excluding tert-OH is 1. The highest BCUT2D eigenvalue weighted by atomic mass is 32.2. The molecular formula is C24H23F3O6S. The van der Waals surface area contributed by atoms with E-state index in [0.717, 1.165) is 12.1 Å². The van der Waals surface area contributed by atoms with Crippen molar-refractivity contribution >= 4 is 11.2 Å². The predicted octanol–water partition coefficient (Wildman–Crippen LogP) is 4.54. The van der Waals surface area contributed by atoms with Gasteiger partial charge in [-0.1, -0.05) is 0 Å². The van der Waals surface area contributed by atoms with Crippen molar-refractivity contribution in [2.75, 3.05) is 20.3 Å². The van der Waals surface area contributed by atoms with Gasteiger partial charge in [-0.3, -0.25) is 0 Å². The zero-order valence-corrected chi connectivity index (χ0v) is 18.9. The molecule has 34 heavy (non-hydrogen) atoms. The molecule has 6 nitrogen and oxygen atoms in total. The van der Waals surface area contributed by atoms with Crippen LogP contribution in [0.25, 0.3) is 0 Å². The van der Waals surface area contributed by atoms with Crippen LogP contribution in [0, 0.1) is 0 Å². The first-order chi connectivity index (χ1) is 16.2. The molecule has 0 radical (unpaired) electrons. The van der Waals surface area contributed by atoms with Gasteiger partial charge in [0.2, 0.25) is 0 Å². The van der Waals surface area contributed by atoms with Crippen LogP contribution in [-0.2, 0) is 28.5 Å². The van der Waals surface area contributed by atoms with Gasteiger partial charge in [0.1, 0.15) is 23.9 Å². The van der Waals surface area contributed by atoms with Crippen LogP contribution < -0.4 is 9.47 Å². The number of hydrogen-bond acceptors (Lipinski definition) is 6. The maximum atomic E-state index is 13.1. The maximum Gasteiger partial charge on any atom is 0.416 e.